The number of aromatic hydroxyl groups is 1. The van der Waals surface area contributed by atoms with Crippen LogP contribution in [0.2, 0.25) is 0 Å². The summed E-state index contributed by atoms with van der Waals surface area (Å²) in [6, 6.07) is 7.19. The van der Waals surface area contributed by atoms with E-state index < -0.39 is 0 Å². The molecule has 0 spiro atoms. The summed E-state index contributed by atoms with van der Waals surface area (Å²) in [6.45, 7) is 2.66. The average molecular weight is 350 g/mol. The molecule has 3 aliphatic heterocycles. The Morgan fingerprint density at radius 1 is 1.31 bits per heavy atom. The maximum Gasteiger partial charge on any atom is 0.310 e. The van der Waals surface area contributed by atoms with Crippen molar-refractivity contribution < 1.29 is 14.6 Å². The Bertz CT molecular complexity index is 1060. The molecule has 1 aromatic heterocycles. The number of carbonyl (C=O) groups is 1. The second kappa shape index (κ2) is 5.24. The van der Waals surface area contributed by atoms with Gasteiger partial charge < -0.3 is 19.7 Å². The number of aromatic nitrogens is 1. The number of esters is 1. The van der Waals surface area contributed by atoms with Crippen molar-refractivity contribution in [3.05, 3.63) is 62.6 Å². The van der Waals surface area contributed by atoms with Crippen LogP contribution in [0, 0.1) is 0 Å². The Balaban J connectivity index is 1.71. The first kappa shape index (κ1) is 15.3. The lowest BCUT2D eigenvalue weighted by atomic mass is 9.88. The van der Waals surface area contributed by atoms with Gasteiger partial charge in [0.15, 0.2) is 0 Å². The van der Waals surface area contributed by atoms with Gasteiger partial charge in [-0.3, -0.25) is 9.59 Å². The lowest BCUT2D eigenvalue weighted by Crippen LogP contribution is -2.30. The van der Waals surface area contributed by atoms with Crippen molar-refractivity contribution in [1.82, 2.24) is 4.57 Å². The number of phenols is 1. The fourth-order valence-electron chi connectivity index (χ4n) is 4.36. The number of anilines is 1. The van der Waals surface area contributed by atoms with Crippen molar-refractivity contribution >= 4 is 17.2 Å². The van der Waals surface area contributed by atoms with Gasteiger partial charge >= 0.3 is 5.97 Å². The van der Waals surface area contributed by atoms with Gasteiger partial charge in [0.2, 0.25) is 0 Å². The fraction of sp³-hybridized carbons (Fsp3) is 0.300. The molecule has 0 bridgehead atoms. The van der Waals surface area contributed by atoms with Gasteiger partial charge in [-0.25, -0.2) is 0 Å². The summed E-state index contributed by atoms with van der Waals surface area (Å²) in [6.07, 6.45) is 0.962. The molecule has 0 radical (unpaired) electrons. The zero-order chi connectivity index (χ0) is 18.0. The van der Waals surface area contributed by atoms with Gasteiger partial charge in [0.05, 0.1) is 18.0 Å². The molecule has 0 aliphatic carbocycles. The Labute approximate surface area is 149 Å². The third-order valence-corrected chi connectivity index (χ3v) is 5.58. The van der Waals surface area contributed by atoms with E-state index in [4.69, 9.17) is 4.74 Å². The molecule has 0 fully saturated rings. The molecule has 132 valence electrons. The molecule has 0 saturated heterocycles. The summed E-state index contributed by atoms with van der Waals surface area (Å²) in [7, 11) is 0. The molecule has 2 N–H and O–H groups in total. The van der Waals surface area contributed by atoms with Crippen LogP contribution >= 0.6 is 0 Å². The average Bonchev–Trinajstić information content (AvgIpc) is 2.98. The minimum Gasteiger partial charge on any atom is -0.508 e. The van der Waals surface area contributed by atoms with E-state index >= 15 is 0 Å². The molecule has 2 aromatic rings. The van der Waals surface area contributed by atoms with Crippen molar-refractivity contribution in [1.29, 1.82) is 0 Å². The van der Waals surface area contributed by atoms with E-state index in [0.717, 1.165) is 40.1 Å². The van der Waals surface area contributed by atoms with Crippen molar-refractivity contribution in [2.75, 3.05) is 5.32 Å². The maximum atomic E-state index is 13.0. The molecule has 5 rings (SSSR count). The molecular weight excluding hydrogens is 332 g/mol. The van der Waals surface area contributed by atoms with Crippen molar-refractivity contribution in [3.8, 4) is 5.75 Å². The van der Waals surface area contributed by atoms with Crippen molar-refractivity contribution in [2.45, 2.75) is 39.0 Å². The molecule has 0 saturated carbocycles. The van der Waals surface area contributed by atoms with Crippen LogP contribution in [-0.4, -0.2) is 15.6 Å². The number of ether oxygens (including phenoxy) is 1. The molecule has 1 aromatic carbocycles. The molecule has 1 unspecified atom stereocenters. The smallest absolute Gasteiger partial charge is 0.310 e. The zero-order valence-corrected chi connectivity index (χ0v) is 14.3. The van der Waals surface area contributed by atoms with Crippen LogP contribution in [0.5, 0.6) is 5.75 Å². The van der Waals surface area contributed by atoms with Crippen LogP contribution < -0.4 is 10.9 Å². The summed E-state index contributed by atoms with van der Waals surface area (Å²) in [4.78, 5) is 24.6. The number of hydrogen-bond donors (Lipinski definition) is 2. The number of hydrogen-bond acceptors (Lipinski definition) is 5. The van der Waals surface area contributed by atoms with Crippen LogP contribution in [0.25, 0.3) is 5.57 Å². The quantitative estimate of drug-likeness (QED) is 0.610. The minimum absolute atomic E-state index is 0.0547. The Morgan fingerprint density at radius 3 is 2.96 bits per heavy atom. The van der Waals surface area contributed by atoms with Gasteiger partial charge in [-0.15, -0.1) is 0 Å². The summed E-state index contributed by atoms with van der Waals surface area (Å²) < 4.78 is 6.85. The van der Waals surface area contributed by atoms with E-state index in [9.17, 15) is 14.7 Å². The van der Waals surface area contributed by atoms with E-state index in [0.29, 0.717) is 12.1 Å². The molecule has 0 amide bonds. The maximum absolute atomic E-state index is 13.0. The van der Waals surface area contributed by atoms with Crippen LogP contribution in [0.3, 0.4) is 0 Å². The summed E-state index contributed by atoms with van der Waals surface area (Å²) in [5, 5.41) is 13.4. The molecule has 4 heterocycles. The third kappa shape index (κ3) is 1.98. The minimum atomic E-state index is -0.290. The number of rotatable bonds is 1. The topological polar surface area (TPSA) is 80.6 Å². The normalized spacial score (nSPS) is 19.9. The largest absolute Gasteiger partial charge is 0.508 e. The number of allylic oxidation sites excluding steroid dienone is 1. The van der Waals surface area contributed by atoms with Crippen LogP contribution in [-0.2, 0) is 29.1 Å². The number of phenolic OH excluding ortho intramolecular Hbond substituents is 1. The predicted octanol–water partition coefficient (Wildman–Crippen LogP) is 2.50. The number of pyridine rings is 1. The first-order chi connectivity index (χ1) is 12.6. The zero-order valence-electron chi connectivity index (χ0n) is 14.3. The first-order valence-corrected chi connectivity index (χ1v) is 8.79. The molecule has 26 heavy (non-hydrogen) atoms. The fourth-order valence-corrected chi connectivity index (χ4v) is 4.36. The van der Waals surface area contributed by atoms with Gasteiger partial charge in [-0.1, -0.05) is 6.92 Å². The van der Waals surface area contributed by atoms with E-state index in [1.165, 1.54) is 0 Å². The highest BCUT2D eigenvalue weighted by Gasteiger charge is 2.36. The monoisotopic (exact) mass is 350 g/mol. The number of carbonyl (C=O) groups excluding carboxylic acids is 1. The highest BCUT2D eigenvalue weighted by Crippen LogP contribution is 2.46. The first-order valence-electron chi connectivity index (χ1n) is 8.79. The summed E-state index contributed by atoms with van der Waals surface area (Å²) >= 11 is 0. The van der Waals surface area contributed by atoms with E-state index in [1.54, 1.807) is 16.7 Å². The standard InChI is InChI=1S/C20H18N2O4/c1-2-12-13-7-11(23)3-4-16(13)21-19-14(12)8-22-17(19)5-10-6-18(24)26-9-15(10)20(22)25/h3-5,7,19,21,23H,2,6,8-9H2,1H3. The van der Waals surface area contributed by atoms with E-state index in [-0.39, 0.29) is 36.3 Å². The summed E-state index contributed by atoms with van der Waals surface area (Å²) in [5.74, 6) is -0.0587. The molecule has 6 nitrogen and oxygen atoms in total. The van der Waals surface area contributed by atoms with E-state index in [1.807, 2.05) is 12.1 Å². The number of fused-ring (bicyclic) bond motifs is 5. The summed E-state index contributed by atoms with van der Waals surface area (Å²) in [5.41, 5.74) is 6.43. The van der Waals surface area contributed by atoms with Crippen LogP contribution in [0.15, 0.2) is 34.6 Å². The van der Waals surface area contributed by atoms with Crippen molar-refractivity contribution in [2.24, 2.45) is 0 Å². The highest BCUT2D eigenvalue weighted by atomic mass is 16.5. The Hall–Kier alpha value is -3.02. The van der Waals surface area contributed by atoms with Crippen LogP contribution in [0.4, 0.5) is 5.69 Å². The third-order valence-electron chi connectivity index (χ3n) is 5.58. The lowest BCUT2D eigenvalue weighted by Gasteiger charge is -2.28. The van der Waals surface area contributed by atoms with Gasteiger partial charge in [-0.05, 0) is 47.4 Å². The molecule has 6 heteroatoms. The second-order valence-electron chi connectivity index (χ2n) is 6.97. The molecule has 1 atom stereocenters. The van der Waals surface area contributed by atoms with Gasteiger partial charge in [-0.2, -0.15) is 0 Å². The Kier molecular flexibility index (Phi) is 3.07. The number of benzene rings is 1. The Morgan fingerprint density at radius 2 is 2.15 bits per heavy atom. The SMILES string of the molecule is CCC1=C2Cn3c(cc4c(c3=O)COC(=O)C4)C2Nc2ccc(O)cc21. The van der Waals surface area contributed by atoms with Crippen molar-refractivity contribution in [3.63, 3.8) is 0 Å². The van der Waals surface area contributed by atoms with Gasteiger partial charge in [0.25, 0.3) is 5.56 Å². The predicted molar refractivity (Wildman–Crippen MR) is 95.9 cm³/mol. The molecular formula is C20H18N2O4. The number of nitrogens with one attached hydrogen (secondary N) is 1. The lowest BCUT2D eigenvalue weighted by molar-refractivity contribution is -0.145. The second-order valence-corrected chi connectivity index (χ2v) is 6.97. The number of nitrogens with zero attached hydrogens (tertiary/aromatic N) is 1. The van der Waals surface area contributed by atoms with E-state index in [2.05, 4.69) is 12.2 Å². The van der Waals surface area contributed by atoms with Gasteiger partial charge in [0, 0.05) is 23.5 Å². The highest BCUT2D eigenvalue weighted by molar-refractivity contribution is 5.84. The molecule has 3 aliphatic rings. The van der Waals surface area contributed by atoms with Gasteiger partial charge in [0.1, 0.15) is 12.4 Å². The van der Waals surface area contributed by atoms with Crippen LogP contribution in [0.1, 0.15) is 41.8 Å². The number of cyclic esters (lactones) is 1.